The molecule has 3 heteroatoms. The summed E-state index contributed by atoms with van der Waals surface area (Å²) in [5.41, 5.74) is 0. The summed E-state index contributed by atoms with van der Waals surface area (Å²) in [6.07, 6.45) is 1.07. The molecule has 58 valence electrons. The third kappa shape index (κ3) is 1.45. The van der Waals surface area contributed by atoms with Gasteiger partial charge in [-0.05, 0) is 6.42 Å². The zero-order valence-electron chi connectivity index (χ0n) is 6.46. The maximum Gasteiger partial charge on any atom is 0.220 e. The van der Waals surface area contributed by atoms with Crippen molar-refractivity contribution in [2.45, 2.75) is 25.6 Å². The van der Waals surface area contributed by atoms with E-state index in [4.69, 9.17) is 0 Å². The van der Waals surface area contributed by atoms with E-state index in [2.05, 4.69) is 6.92 Å². The molecule has 1 aliphatic rings. The molecule has 0 saturated carbocycles. The Balaban J connectivity index is 2.50. The standard InChI is InChI=1S/C7H13NOS/c1-3-7-8(6(2)9)4-5-10-7/h7H,3-5H2,1-2H3/t7-/m0/s1. The van der Waals surface area contributed by atoms with E-state index in [1.807, 2.05) is 16.7 Å². The van der Waals surface area contributed by atoms with Gasteiger partial charge in [-0.2, -0.15) is 0 Å². The quantitative estimate of drug-likeness (QED) is 0.575. The topological polar surface area (TPSA) is 20.3 Å². The van der Waals surface area contributed by atoms with Gasteiger partial charge in [-0.25, -0.2) is 0 Å². The van der Waals surface area contributed by atoms with Crippen LogP contribution in [0.25, 0.3) is 0 Å². The van der Waals surface area contributed by atoms with Crippen LogP contribution in [-0.4, -0.2) is 28.5 Å². The molecule has 1 aliphatic heterocycles. The first-order valence-corrected chi connectivity index (χ1v) is 4.69. The van der Waals surface area contributed by atoms with Crippen LogP contribution in [0.15, 0.2) is 0 Å². The van der Waals surface area contributed by atoms with E-state index in [1.54, 1.807) is 6.92 Å². The minimum atomic E-state index is 0.219. The van der Waals surface area contributed by atoms with Crippen LogP contribution in [-0.2, 0) is 4.79 Å². The van der Waals surface area contributed by atoms with E-state index < -0.39 is 0 Å². The molecule has 0 aliphatic carbocycles. The van der Waals surface area contributed by atoms with Crippen LogP contribution in [0.1, 0.15) is 20.3 Å². The molecule has 10 heavy (non-hydrogen) atoms. The average Bonchev–Trinajstić information content (AvgIpc) is 2.33. The van der Waals surface area contributed by atoms with Crippen molar-refractivity contribution < 1.29 is 4.79 Å². The molecule has 0 N–H and O–H groups in total. The predicted molar refractivity (Wildman–Crippen MR) is 43.9 cm³/mol. The minimum Gasteiger partial charge on any atom is -0.330 e. The van der Waals surface area contributed by atoms with Crippen molar-refractivity contribution in [1.82, 2.24) is 4.90 Å². The molecule has 0 aromatic heterocycles. The van der Waals surface area contributed by atoms with Crippen LogP contribution in [0.5, 0.6) is 0 Å². The number of rotatable bonds is 1. The second-order valence-corrected chi connectivity index (χ2v) is 3.73. The second-order valence-electron chi connectivity index (χ2n) is 2.45. The molecular weight excluding hydrogens is 146 g/mol. The van der Waals surface area contributed by atoms with E-state index >= 15 is 0 Å². The van der Waals surface area contributed by atoms with Gasteiger partial charge in [0.2, 0.25) is 5.91 Å². The third-order valence-corrected chi connectivity index (χ3v) is 3.13. The summed E-state index contributed by atoms with van der Waals surface area (Å²) < 4.78 is 0. The molecule has 0 radical (unpaired) electrons. The van der Waals surface area contributed by atoms with Crippen molar-refractivity contribution in [2.24, 2.45) is 0 Å². The van der Waals surface area contributed by atoms with Crippen LogP contribution in [0, 0.1) is 0 Å². The van der Waals surface area contributed by atoms with Crippen LogP contribution in [0.4, 0.5) is 0 Å². The Morgan fingerprint density at radius 3 is 2.90 bits per heavy atom. The Morgan fingerprint density at radius 2 is 2.50 bits per heavy atom. The predicted octanol–water partition coefficient (Wildman–Crippen LogP) is 1.32. The molecule has 0 unspecified atom stereocenters. The molecule has 1 saturated heterocycles. The van der Waals surface area contributed by atoms with E-state index in [1.165, 1.54) is 0 Å². The van der Waals surface area contributed by atoms with Crippen molar-refractivity contribution in [2.75, 3.05) is 12.3 Å². The number of carbonyl (C=O) groups excluding carboxylic acids is 1. The van der Waals surface area contributed by atoms with E-state index in [0.717, 1.165) is 18.7 Å². The highest BCUT2D eigenvalue weighted by Gasteiger charge is 2.24. The first-order chi connectivity index (χ1) is 4.75. The lowest BCUT2D eigenvalue weighted by atomic mass is 10.4. The molecule has 0 aromatic carbocycles. The first kappa shape index (κ1) is 7.92. The van der Waals surface area contributed by atoms with Gasteiger partial charge in [0.15, 0.2) is 0 Å². The molecule has 0 bridgehead atoms. The zero-order chi connectivity index (χ0) is 7.56. The smallest absolute Gasteiger partial charge is 0.220 e. The normalized spacial score (nSPS) is 25.4. The summed E-state index contributed by atoms with van der Waals surface area (Å²) >= 11 is 1.88. The maximum atomic E-state index is 10.9. The van der Waals surface area contributed by atoms with Crippen molar-refractivity contribution >= 4 is 17.7 Å². The number of carbonyl (C=O) groups is 1. The van der Waals surface area contributed by atoms with Crippen LogP contribution in [0.3, 0.4) is 0 Å². The Hall–Kier alpha value is -0.180. The van der Waals surface area contributed by atoms with Gasteiger partial charge in [-0.1, -0.05) is 6.92 Å². The number of hydrogen-bond acceptors (Lipinski definition) is 2. The lowest BCUT2D eigenvalue weighted by Gasteiger charge is -2.20. The van der Waals surface area contributed by atoms with Gasteiger partial charge in [0.25, 0.3) is 0 Å². The van der Waals surface area contributed by atoms with Crippen molar-refractivity contribution in [3.8, 4) is 0 Å². The molecule has 1 fully saturated rings. The van der Waals surface area contributed by atoms with E-state index in [-0.39, 0.29) is 5.91 Å². The second kappa shape index (κ2) is 3.28. The van der Waals surface area contributed by atoms with Crippen LogP contribution in [0.2, 0.25) is 0 Å². The molecule has 2 nitrogen and oxygen atoms in total. The molecular formula is C7H13NOS. The number of nitrogens with zero attached hydrogens (tertiary/aromatic N) is 1. The fourth-order valence-electron chi connectivity index (χ4n) is 1.22. The van der Waals surface area contributed by atoms with Crippen LogP contribution >= 0.6 is 11.8 Å². The highest BCUT2D eigenvalue weighted by molar-refractivity contribution is 8.00. The summed E-state index contributed by atoms with van der Waals surface area (Å²) in [4.78, 5) is 12.9. The van der Waals surface area contributed by atoms with Gasteiger partial charge in [0.05, 0.1) is 5.37 Å². The number of amides is 1. The Morgan fingerprint density at radius 1 is 1.80 bits per heavy atom. The van der Waals surface area contributed by atoms with Gasteiger partial charge in [0.1, 0.15) is 0 Å². The summed E-state index contributed by atoms with van der Waals surface area (Å²) in [5.74, 6) is 1.33. The summed E-state index contributed by atoms with van der Waals surface area (Å²) in [6.45, 7) is 4.71. The minimum absolute atomic E-state index is 0.219. The molecule has 1 amide bonds. The van der Waals surface area contributed by atoms with Gasteiger partial charge < -0.3 is 4.90 Å². The summed E-state index contributed by atoms with van der Waals surface area (Å²) in [5, 5.41) is 0.456. The maximum absolute atomic E-state index is 10.9. The van der Waals surface area contributed by atoms with Crippen molar-refractivity contribution in [1.29, 1.82) is 0 Å². The summed E-state index contributed by atoms with van der Waals surface area (Å²) in [6, 6.07) is 0. The summed E-state index contributed by atoms with van der Waals surface area (Å²) in [7, 11) is 0. The van der Waals surface area contributed by atoms with Crippen molar-refractivity contribution in [3.63, 3.8) is 0 Å². The number of thioether (sulfide) groups is 1. The van der Waals surface area contributed by atoms with E-state index in [0.29, 0.717) is 5.37 Å². The zero-order valence-corrected chi connectivity index (χ0v) is 7.28. The largest absolute Gasteiger partial charge is 0.330 e. The monoisotopic (exact) mass is 159 g/mol. The lowest BCUT2D eigenvalue weighted by molar-refractivity contribution is -0.128. The molecule has 0 spiro atoms. The van der Waals surface area contributed by atoms with Gasteiger partial charge >= 0.3 is 0 Å². The molecule has 0 aromatic rings. The highest BCUT2D eigenvalue weighted by atomic mass is 32.2. The fourth-order valence-corrected chi connectivity index (χ4v) is 2.46. The third-order valence-electron chi connectivity index (χ3n) is 1.74. The van der Waals surface area contributed by atoms with Gasteiger partial charge in [0, 0.05) is 19.2 Å². The SMILES string of the molecule is CC[C@@H]1SCCN1C(C)=O. The molecule has 1 atom stereocenters. The Labute approximate surface area is 66.0 Å². The first-order valence-electron chi connectivity index (χ1n) is 3.64. The lowest BCUT2D eigenvalue weighted by Crippen LogP contribution is -2.32. The molecule has 1 rings (SSSR count). The van der Waals surface area contributed by atoms with Crippen molar-refractivity contribution in [3.05, 3.63) is 0 Å². The molecule has 1 heterocycles. The Kier molecular flexibility index (Phi) is 2.60. The van der Waals surface area contributed by atoms with Gasteiger partial charge in [-0.3, -0.25) is 4.79 Å². The number of hydrogen-bond donors (Lipinski definition) is 0. The highest BCUT2D eigenvalue weighted by Crippen LogP contribution is 2.25. The van der Waals surface area contributed by atoms with E-state index in [9.17, 15) is 4.79 Å². The fraction of sp³-hybridized carbons (Fsp3) is 0.857. The Bertz CT molecular complexity index is 138. The average molecular weight is 159 g/mol. The van der Waals surface area contributed by atoms with Gasteiger partial charge in [-0.15, -0.1) is 11.8 Å². The van der Waals surface area contributed by atoms with Crippen LogP contribution < -0.4 is 0 Å².